The van der Waals surface area contributed by atoms with Gasteiger partial charge in [0, 0.05) is 0 Å². The van der Waals surface area contributed by atoms with Gasteiger partial charge < -0.3 is 10.2 Å². The third-order valence-electron chi connectivity index (χ3n) is 1.90. The van der Waals surface area contributed by atoms with E-state index in [1.54, 1.807) is 12.1 Å². The van der Waals surface area contributed by atoms with Crippen molar-refractivity contribution in [3.63, 3.8) is 0 Å². The van der Waals surface area contributed by atoms with Crippen LogP contribution in [0.2, 0.25) is 0 Å². The van der Waals surface area contributed by atoms with E-state index in [9.17, 15) is 9.59 Å². The number of aliphatic carboxylic acids is 2. The average Bonchev–Trinajstić information content (AvgIpc) is 2.21. The summed E-state index contributed by atoms with van der Waals surface area (Å²) in [4.78, 5) is 21.3. The van der Waals surface area contributed by atoms with Gasteiger partial charge in [0.15, 0.2) is 5.92 Å². The lowest BCUT2D eigenvalue weighted by Crippen LogP contribution is -2.20. The predicted molar refractivity (Wildman–Crippen MR) is 65.2 cm³/mol. The molecule has 0 radical (unpaired) electrons. The first-order valence-corrected chi connectivity index (χ1v) is 5.46. The van der Waals surface area contributed by atoms with Gasteiger partial charge in [0.05, 0.1) is 0 Å². The Kier molecular flexibility index (Phi) is 6.63. The molecule has 0 aliphatic heterocycles. The van der Waals surface area contributed by atoms with E-state index in [-0.39, 0.29) is 5.56 Å². The van der Waals surface area contributed by atoms with Crippen LogP contribution in [0.5, 0.6) is 0 Å². The van der Waals surface area contributed by atoms with Gasteiger partial charge in [-0.25, -0.2) is 0 Å². The van der Waals surface area contributed by atoms with Gasteiger partial charge in [-0.3, -0.25) is 9.59 Å². The number of carboxylic acid groups (broad SMARTS) is 2. The third-order valence-corrected chi connectivity index (χ3v) is 1.90. The lowest BCUT2D eigenvalue weighted by atomic mass is 9.99. The first-order valence-electron chi connectivity index (χ1n) is 5.46. The Morgan fingerprint density at radius 3 is 1.71 bits per heavy atom. The summed E-state index contributed by atoms with van der Waals surface area (Å²) in [6.07, 6.45) is 1.25. The molecule has 0 amide bonds. The molecule has 0 fully saturated rings. The van der Waals surface area contributed by atoms with Crippen molar-refractivity contribution in [3.05, 3.63) is 35.4 Å². The van der Waals surface area contributed by atoms with Gasteiger partial charge in [-0.05, 0) is 12.5 Å². The summed E-state index contributed by atoms with van der Waals surface area (Å²) in [6, 6.07) is 6.41. The lowest BCUT2D eigenvalue weighted by Gasteiger charge is -2.07. The zero-order chi connectivity index (χ0) is 13.4. The van der Waals surface area contributed by atoms with Crippen molar-refractivity contribution in [1.29, 1.82) is 0 Å². The van der Waals surface area contributed by atoms with E-state index >= 15 is 0 Å². The molecular weight excluding hydrogens is 220 g/mol. The molecule has 0 aliphatic carbocycles. The van der Waals surface area contributed by atoms with Gasteiger partial charge >= 0.3 is 11.9 Å². The van der Waals surface area contributed by atoms with Gasteiger partial charge in [-0.1, -0.05) is 50.1 Å². The molecule has 4 heteroatoms. The largest absolute Gasteiger partial charge is 0.480 e. The number of hydrogen-bond acceptors (Lipinski definition) is 2. The smallest absolute Gasteiger partial charge is 0.322 e. The van der Waals surface area contributed by atoms with Crippen LogP contribution in [0.15, 0.2) is 24.3 Å². The summed E-state index contributed by atoms with van der Waals surface area (Å²) in [5.74, 6) is -4.17. The molecule has 1 aromatic rings. The van der Waals surface area contributed by atoms with Crippen LogP contribution in [0.1, 0.15) is 37.3 Å². The van der Waals surface area contributed by atoms with Crippen LogP contribution in [0, 0.1) is 6.92 Å². The molecule has 2 N–H and O–H groups in total. The molecule has 1 rings (SSSR count). The van der Waals surface area contributed by atoms with E-state index < -0.39 is 17.9 Å². The quantitative estimate of drug-likeness (QED) is 0.794. The molecule has 17 heavy (non-hydrogen) atoms. The molecule has 94 valence electrons. The molecule has 0 aromatic heterocycles. The highest BCUT2D eigenvalue weighted by Crippen LogP contribution is 2.16. The van der Waals surface area contributed by atoms with Crippen LogP contribution in [0.4, 0.5) is 0 Å². The average molecular weight is 238 g/mol. The highest BCUT2D eigenvalue weighted by molar-refractivity contribution is 5.98. The molecule has 0 spiro atoms. The fourth-order valence-electron chi connectivity index (χ4n) is 1.15. The molecule has 1 aromatic carbocycles. The first kappa shape index (κ1) is 15.2. The van der Waals surface area contributed by atoms with Gasteiger partial charge in [-0.2, -0.15) is 0 Å². The normalized spacial score (nSPS) is 9.41. The second-order valence-corrected chi connectivity index (χ2v) is 3.73. The summed E-state index contributed by atoms with van der Waals surface area (Å²) in [6.45, 7) is 6.10. The second-order valence-electron chi connectivity index (χ2n) is 3.73. The SMILES string of the molecule is CCC.Cc1ccc(C(C(=O)O)C(=O)O)cc1. The van der Waals surface area contributed by atoms with E-state index in [2.05, 4.69) is 13.8 Å². The van der Waals surface area contributed by atoms with E-state index in [1.165, 1.54) is 18.6 Å². The van der Waals surface area contributed by atoms with E-state index in [1.807, 2.05) is 6.92 Å². The van der Waals surface area contributed by atoms with Crippen LogP contribution in [-0.2, 0) is 9.59 Å². The number of carboxylic acids is 2. The van der Waals surface area contributed by atoms with Gasteiger partial charge in [0.2, 0.25) is 0 Å². The second kappa shape index (κ2) is 7.44. The van der Waals surface area contributed by atoms with Crippen molar-refractivity contribution < 1.29 is 19.8 Å². The minimum Gasteiger partial charge on any atom is -0.480 e. The molecule has 0 saturated heterocycles. The van der Waals surface area contributed by atoms with Crippen LogP contribution in [0.25, 0.3) is 0 Å². The topological polar surface area (TPSA) is 74.6 Å². The van der Waals surface area contributed by atoms with Crippen molar-refractivity contribution >= 4 is 11.9 Å². The maximum absolute atomic E-state index is 10.6. The molecule has 0 heterocycles. The van der Waals surface area contributed by atoms with Crippen molar-refractivity contribution in [2.75, 3.05) is 0 Å². The standard InChI is InChI=1S/C10H10O4.C3H8/c1-6-2-4-7(5-3-6)8(9(11)12)10(13)14;1-3-2/h2-5,8H,1H3,(H,11,12)(H,13,14);3H2,1-2H3. The Bertz CT molecular complexity index is 354. The number of benzene rings is 1. The highest BCUT2D eigenvalue weighted by Gasteiger charge is 2.27. The van der Waals surface area contributed by atoms with Gasteiger partial charge in [-0.15, -0.1) is 0 Å². The lowest BCUT2D eigenvalue weighted by molar-refractivity contribution is -0.150. The van der Waals surface area contributed by atoms with Gasteiger partial charge in [0.25, 0.3) is 0 Å². The van der Waals surface area contributed by atoms with Crippen molar-refractivity contribution in [3.8, 4) is 0 Å². The zero-order valence-electron chi connectivity index (χ0n) is 10.3. The fraction of sp³-hybridized carbons (Fsp3) is 0.385. The summed E-state index contributed by atoms with van der Waals surface area (Å²) in [5, 5.41) is 17.4. The summed E-state index contributed by atoms with van der Waals surface area (Å²) < 4.78 is 0. The van der Waals surface area contributed by atoms with Crippen LogP contribution < -0.4 is 0 Å². The highest BCUT2D eigenvalue weighted by atomic mass is 16.4. The van der Waals surface area contributed by atoms with Gasteiger partial charge in [0.1, 0.15) is 0 Å². The Morgan fingerprint density at radius 2 is 1.41 bits per heavy atom. The molecule has 0 unspecified atom stereocenters. The number of hydrogen-bond donors (Lipinski definition) is 2. The summed E-state index contributed by atoms with van der Waals surface area (Å²) in [7, 11) is 0. The predicted octanol–water partition coefficient (Wildman–Crippen LogP) is 2.66. The maximum Gasteiger partial charge on any atom is 0.322 e. The molecule has 4 nitrogen and oxygen atoms in total. The fourth-order valence-corrected chi connectivity index (χ4v) is 1.15. The Labute approximate surface area is 101 Å². The van der Waals surface area contributed by atoms with Crippen LogP contribution >= 0.6 is 0 Å². The number of rotatable bonds is 3. The van der Waals surface area contributed by atoms with E-state index in [4.69, 9.17) is 10.2 Å². The minimum absolute atomic E-state index is 0.288. The minimum atomic E-state index is -1.48. The Hall–Kier alpha value is -1.84. The van der Waals surface area contributed by atoms with E-state index in [0.717, 1.165) is 5.56 Å². The number of carbonyl (C=O) groups is 2. The molecular formula is C13H18O4. The maximum atomic E-state index is 10.6. The Balaban J connectivity index is 0.000000770. The molecule has 0 atom stereocenters. The van der Waals surface area contributed by atoms with E-state index in [0.29, 0.717) is 0 Å². The number of aryl methyl sites for hydroxylation is 1. The first-order chi connectivity index (χ1) is 7.93. The molecule has 0 saturated carbocycles. The van der Waals surface area contributed by atoms with Crippen LogP contribution in [-0.4, -0.2) is 22.2 Å². The Morgan fingerprint density at radius 1 is 1.06 bits per heavy atom. The summed E-state index contributed by atoms with van der Waals surface area (Å²) in [5.41, 5.74) is 1.25. The monoisotopic (exact) mass is 238 g/mol. The van der Waals surface area contributed by atoms with Crippen molar-refractivity contribution in [1.82, 2.24) is 0 Å². The van der Waals surface area contributed by atoms with Crippen LogP contribution in [0.3, 0.4) is 0 Å². The molecule has 0 bridgehead atoms. The summed E-state index contributed by atoms with van der Waals surface area (Å²) >= 11 is 0. The van der Waals surface area contributed by atoms with Crippen molar-refractivity contribution in [2.24, 2.45) is 0 Å². The third kappa shape index (κ3) is 5.15. The zero-order valence-corrected chi connectivity index (χ0v) is 10.3. The molecule has 0 aliphatic rings. The van der Waals surface area contributed by atoms with Crippen molar-refractivity contribution in [2.45, 2.75) is 33.1 Å².